The van der Waals surface area contributed by atoms with E-state index < -0.39 is 31.1 Å². The molecule has 2 aromatic rings. The Bertz CT molecular complexity index is 603. The zero-order valence-corrected chi connectivity index (χ0v) is 9.79. The third-order valence-electron chi connectivity index (χ3n) is 3.18. The maximum atomic E-state index is 9.95. The van der Waals surface area contributed by atoms with Crippen molar-refractivity contribution in [2.45, 2.75) is 24.5 Å². The molecule has 4 atom stereocenters. The fourth-order valence-electron chi connectivity index (χ4n) is 2.17. The molecular weight excluding hydrogens is 254 g/mol. The number of anilines is 1. The highest BCUT2D eigenvalue weighted by Crippen LogP contribution is 2.31. The smallest absolute Gasteiger partial charge is 0.167 e. The van der Waals surface area contributed by atoms with E-state index in [1.54, 1.807) is 0 Å². The van der Waals surface area contributed by atoms with Crippen LogP contribution in [-0.2, 0) is 4.74 Å². The highest BCUT2D eigenvalue weighted by molar-refractivity contribution is 5.81. The second-order valence-corrected chi connectivity index (χ2v) is 4.31. The lowest BCUT2D eigenvalue weighted by Crippen LogP contribution is -2.33. The number of imidazole rings is 1. The van der Waals surface area contributed by atoms with Crippen molar-refractivity contribution in [3.8, 4) is 0 Å². The summed E-state index contributed by atoms with van der Waals surface area (Å²) in [4.78, 5) is 11.9. The van der Waals surface area contributed by atoms with Crippen molar-refractivity contribution in [3.05, 3.63) is 12.7 Å². The first-order valence-corrected chi connectivity index (χ1v) is 5.69. The van der Waals surface area contributed by atoms with Crippen LogP contribution in [0.15, 0.2) is 12.7 Å². The lowest BCUT2D eigenvalue weighted by Gasteiger charge is -2.16. The molecule has 9 nitrogen and oxygen atoms in total. The molecule has 1 aliphatic heterocycles. The Morgan fingerprint density at radius 2 is 2.05 bits per heavy atom. The summed E-state index contributed by atoms with van der Waals surface area (Å²) in [5.74, 6) is 0.218. The van der Waals surface area contributed by atoms with Crippen LogP contribution in [0.3, 0.4) is 0 Å². The van der Waals surface area contributed by atoms with E-state index in [1.807, 2.05) is 0 Å². The van der Waals surface area contributed by atoms with Crippen molar-refractivity contribution in [2.75, 3.05) is 12.3 Å². The predicted molar refractivity (Wildman–Crippen MR) is 62.7 cm³/mol. The maximum absolute atomic E-state index is 9.95. The number of aliphatic hydroxyl groups excluding tert-OH is 3. The zero-order valence-electron chi connectivity index (χ0n) is 9.79. The highest BCUT2D eigenvalue weighted by atomic mass is 16.6. The number of rotatable bonds is 2. The zero-order chi connectivity index (χ0) is 13.6. The third-order valence-corrected chi connectivity index (χ3v) is 3.18. The molecule has 9 heteroatoms. The number of hydrogen-bond donors (Lipinski definition) is 4. The average Bonchev–Trinajstić information content (AvgIpc) is 2.94. The van der Waals surface area contributed by atoms with Gasteiger partial charge in [-0.1, -0.05) is 0 Å². The van der Waals surface area contributed by atoms with Gasteiger partial charge in [-0.25, -0.2) is 15.0 Å². The molecule has 5 N–H and O–H groups in total. The number of hydrogen-bond acceptors (Lipinski definition) is 8. The van der Waals surface area contributed by atoms with Gasteiger partial charge in [0.05, 0.1) is 12.9 Å². The first kappa shape index (κ1) is 12.2. The quantitative estimate of drug-likeness (QED) is 0.491. The van der Waals surface area contributed by atoms with Crippen molar-refractivity contribution in [2.24, 2.45) is 0 Å². The summed E-state index contributed by atoms with van der Waals surface area (Å²) in [6, 6.07) is 0. The molecule has 3 heterocycles. The second-order valence-electron chi connectivity index (χ2n) is 4.31. The lowest BCUT2D eigenvalue weighted by molar-refractivity contribution is -0.0511. The Labute approximate surface area is 107 Å². The highest BCUT2D eigenvalue weighted by Gasteiger charge is 2.43. The molecule has 2 unspecified atom stereocenters. The number of ether oxygens (including phenoxy) is 1. The summed E-state index contributed by atoms with van der Waals surface area (Å²) < 4.78 is 6.85. The van der Waals surface area contributed by atoms with Gasteiger partial charge in [-0.15, -0.1) is 0 Å². The van der Waals surface area contributed by atoms with Crippen LogP contribution in [0.4, 0.5) is 5.82 Å². The third kappa shape index (κ3) is 1.75. The van der Waals surface area contributed by atoms with Crippen LogP contribution >= 0.6 is 0 Å². The summed E-state index contributed by atoms with van der Waals surface area (Å²) in [6.07, 6.45) is -1.42. The molecule has 102 valence electrons. The molecule has 1 aliphatic rings. The van der Waals surface area contributed by atoms with Gasteiger partial charge in [0.15, 0.2) is 17.7 Å². The molecular formula is C10H13N5O4. The number of nitrogens with zero attached hydrogens (tertiary/aromatic N) is 4. The molecule has 2 aromatic heterocycles. The Hall–Kier alpha value is -1.81. The van der Waals surface area contributed by atoms with Crippen molar-refractivity contribution in [1.29, 1.82) is 0 Å². The minimum Gasteiger partial charge on any atom is -0.394 e. The summed E-state index contributed by atoms with van der Waals surface area (Å²) in [5.41, 5.74) is 6.44. The van der Waals surface area contributed by atoms with Crippen LogP contribution in [0.25, 0.3) is 11.2 Å². The fraction of sp³-hybridized carbons (Fsp3) is 0.500. The van der Waals surface area contributed by atoms with Gasteiger partial charge < -0.3 is 25.8 Å². The molecule has 3 rings (SSSR count). The number of aromatic nitrogens is 4. The Morgan fingerprint density at radius 1 is 1.26 bits per heavy atom. The van der Waals surface area contributed by atoms with E-state index >= 15 is 0 Å². The van der Waals surface area contributed by atoms with Crippen LogP contribution in [0, 0.1) is 0 Å². The molecule has 0 aliphatic carbocycles. The van der Waals surface area contributed by atoms with Gasteiger partial charge in [0.2, 0.25) is 0 Å². The Kier molecular flexibility index (Phi) is 2.82. The van der Waals surface area contributed by atoms with Crippen molar-refractivity contribution in [1.82, 2.24) is 19.5 Å². The number of nitrogens with two attached hydrogens (primary N) is 1. The second kappa shape index (κ2) is 4.38. The molecule has 0 aromatic carbocycles. The minimum atomic E-state index is -1.19. The van der Waals surface area contributed by atoms with Gasteiger partial charge in [0.1, 0.15) is 30.2 Å². The van der Waals surface area contributed by atoms with E-state index in [1.165, 1.54) is 17.2 Å². The fourth-order valence-corrected chi connectivity index (χ4v) is 2.17. The van der Waals surface area contributed by atoms with Gasteiger partial charge in [0, 0.05) is 0 Å². The molecule has 0 saturated carbocycles. The average molecular weight is 267 g/mol. The number of fused-ring (bicyclic) bond motifs is 1. The SMILES string of the molecule is Nc1ncnc2c1ncn2[C@H]1O[C@@H](CO)C(O)C1O. The van der Waals surface area contributed by atoms with Crippen molar-refractivity contribution >= 4 is 17.0 Å². The monoisotopic (exact) mass is 267 g/mol. The van der Waals surface area contributed by atoms with E-state index in [0.717, 1.165) is 0 Å². The van der Waals surface area contributed by atoms with E-state index in [9.17, 15) is 10.2 Å². The summed E-state index contributed by atoms with van der Waals surface area (Å²) in [5, 5.41) is 28.7. The van der Waals surface area contributed by atoms with Crippen LogP contribution in [0.2, 0.25) is 0 Å². The van der Waals surface area contributed by atoms with E-state index in [4.69, 9.17) is 15.6 Å². The van der Waals surface area contributed by atoms with E-state index in [2.05, 4.69) is 15.0 Å². The van der Waals surface area contributed by atoms with Gasteiger partial charge >= 0.3 is 0 Å². The topological polar surface area (TPSA) is 140 Å². The van der Waals surface area contributed by atoms with Crippen LogP contribution in [0.1, 0.15) is 6.23 Å². The van der Waals surface area contributed by atoms with Crippen LogP contribution in [-0.4, -0.2) is 59.8 Å². The summed E-state index contributed by atoms with van der Waals surface area (Å²) in [7, 11) is 0. The largest absolute Gasteiger partial charge is 0.394 e. The predicted octanol–water partition coefficient (Wildman–Crippen LogP) is -1.98. The molecule has 1 fully saturated rings. The molecule has 0 amide bonds. The van der Waals surface area contributed by atoms with Crippen molar-refractivity contribution in [3.63, 3.8) is 0 Å². The standard InChI is InChI=1S/C10H13N5O4/c11-8-5-9(13-2-12-8)15(3-14-5)10-7(18)6(17)4(1-16)19-10/h2-4,6-7,10,16-18H,1H2,(H2,11,12,13)/t4-,6?,7?,10-/m0/s1. The molecule has 0 bridgehead atoms. The van der Waals surface area contributed by atoms with Gasteiger partial charge in [0.25, 0.3) is 0 Å². The van der Waals surface area contributed by atoms with Gasteiger partial charge in [-0.3, -0.25) is 4.57 Å². The van der Waals surface area contributed by atoms with Gasteiger partial charge in [-0.05, 0) is 0 Å². The van der Waals surface area contributed by atoms with E-state index in [0.29, 0.717) is 11.2 Å². The number of nitrogen functional groups attached to an aromatic ring is 1. The molecule has 19 heavy (non-hydrogen) atoms. The number of aliphatic hydroxyl groups is 3. The Morgan fingerprint density at radius 3 is 2.74 bits per heavy atom. The first-order chi connectivity index (χ1) is 9.13. The maximum Gasteiger partial charge on any atom is 0.167 e. The molecule has 0 radical (unpaired) electrons. The Balaban J connectivity index is 2.04. The lowest BCUT2D eigenvalue weighted by atomic mass is 10.1. The van der Waals surface area contributed by atoms with Crippen LogP contribution in [0.5, 0.6) is 0 Å². The van der Waals surface area contributed by atoms with E-state index in [-0.39, 0.29) is 5.82 Å². The molecule has 0 spiro atoms. The van der Waals surface area contributed by atoms with Gasteiger partial charge in [-0.2, -0.15) is 0 Å². The molecule has 1 saturated heterocycles. The van der Waals surface area contributed by atoms with Crippen LogP contribution < -0.4 is 5.73 Å². The first-order valence-electron chi connectivity index (χ1n) is 5.69. The summed E-state index contributed by atoms with van der Waals surface area (Å²) in [6.45, 7) is -0.390. The van der Waals surface area contributed by atoms with Crippen molar-refractivity contribution < 1.29 is 20.1 Å². The normalized spacial score (nSPS) is 31.1. The summed E-state index contributed by atoms with van der Waals surface area (Å²) >= 11 is 0. The minimum absolute atomic E-state index is 0.218.